The maximum atomic E-state index is 4.21. The molecule has 0 spiro atoms. The van der Waals surface area contributed by atoms with E-state index in [1.54, 1.807) is 6.33 Å². The minimum absolute atomic E-state index is 0.968. The van der Waals surface area contributed by atoms with Gasteiger partial charge in [-0.1, -0.05) is 30.7 Å². The fraction of sp³-hybridized carbons (Fsp3) is 0.385. The first-order valence-electron chi connectivity index (χ1n) is 5.67. The van der Waals surface area contributed by atoms with Gasteiger partial charge in [-0.3, -0.25) is 0 Å². The Kier molecular flexibility index (Phi) is 3.04. The van der Waals surface area contributed by atoms with Gasteiger partial charge in [0, 0.05) is 12.1 Å². The number of nitrogens with zero attached hydrogens (tertiary/aromatic N) is 3. The summed E-state index contributed by atoms with van der Waals surface area (Å²) in [6.45, 7) is 7.35. The summed E-state index contributed by atoms with van der Waals surface area (Å²) in [6, 6.07) is 6.43. The van der Waals surface area contributed by atoms with E-state index in [4.69, 9.17) is 0 Å². The third-order valence-electron chi connectivity index (χ3n) is 2.70. The average molecular weight is 215 g/mol. The molecule has 0 aliphatic heterocycles. The van der Waals surface area contributed by atoms with Crippen molar-refractivity contribution in [2.75, 3.05) is 0 Å². The third-order valence-corrected chi connectivity index (χ3v) is 2.70. The summed E-state index contributed by atoms with van der Waals surface area (Å²) >= 11 is 0. The second kappa shape index (κ2) is 4.47. The molecule has 1 aromatic carbocycles. The normalized spacial score (nSPS) is 10.7. The summed E-state index contributed by atoms with van der Waals surface area (Å²) in [5.41, 5.74) is 3.71. The van der Waals surface area contributed by atoms with Crippen molar-refractivity contribution in [2.45, 2.75) is 33.7 Å². The van der Waals surface area contributed by atoms with Crippen molar-refractivity contribution >= 4 is 0 Å². The van der Waals surface area contributed by atoms with Crippen molar-refractivity contribution in [2.24, 2.45) is 0 Å². The highest BCUT2D eigenvalue weighted by Crippen LogP contribution is 2.22. The Bertz CT molecular complexity index is 486. The van der Waals surface area contributed by atoms with Crippen LogP contribution in [0, 0.1) is 13.8 Å². The van der Waals surface area contributed by atoms with Gasteiger partial charge in [-0.2, -0.15) is 0 Å². The molecule has 0 N–H and O–H groups in total. The molecule has 0 unspecified atom stereocenters. The fourth-order valence-electron chi connectivity index (χ4n) is 1.93. The number of hydrogen-bond donors (Lipinski definition) is 0. The standard InChI is InChI=1S/C13H17N3/c1-4-7-16-9-14-15-13(16)12-6-5-10(2)8-11(12)3/h5-6,8-9H,4,7H2,1-3H3. The van der Waals surface area contributed by atoms with Gasteiger partial charge in [0.2, 0.25) is 0 Å². The highest BCUT2D eigenvalue weighted by atomic mass is 15.3. The van der Waals surface area contributed by atoms with E-state index in [0.717, 1.165) is 18.8 Å². The second-order valence-corrected chi connectivity index (χ2v) is 4.17. The smallest absolute Gasteiger partial charge is 0.164 e. The SMILES string of the molecule is CCCn1cnnc1-c1ccc(C)cc1C. The van der Waals surface area contributed by atoms with Crippen molar-refractivity contribution in [1.29, 1.82) is 0 Å². The first-order valence-corrected chi connectivity index (χ1v) is 5.67. The number of benzene rings is 1. The second-order valence-electron chi connectivity index (χ2n) is 4.17. The highest BCUT2D eigenvalue weighted by molar-refractivity contribution is 5.60. The molecule has 2 aromatic rings. The van der Waals surface area contributed by atoms with E-state index < -0.39 is 0 Å². The Labute approximate surface area is 96.1 Å². The molecule has 16 heavy (non-hydrogen) atoms. The minimum Gasteiger partial charge on any atom is -0.314 e. The predicted molar refractivity (Wildman–Crippen MR) is 65.2 cm³/mol. The van der Waals surface area contributed by atoms with Gasteiger partial charge in [-0.05, 0) is 25.8 Å². The first-order chi connectivity index (χ1) is 7.72. The zero-order valence-corrected chi connectivity index (χ0v) is 10.1. The summed E-state index contributed by atoms with van der Waals surface area (Å²) in [5, 5.41) is 8.20. The van der Waals surface area contributed by atoms with Gasteiger partial charge in [0.1, 0.15) is 6.33 Å². The van der Waals surface area contributed by atoms with Crippen LogP contribution in [-0.4, -0.2) is 14.8 Å². The van der Waals surface area contributed by atoms with Crippen LogP contribution in [0.5, 0.6) is 0 Å². The van der Waals surface area contributed by atoms with Gasteiger partial charge in [0.25, 0.3) is 0 Å². The Morgan fingerprint density at radius 3 is 2.75 bits per heavy atom. The van der Waals surface area contributed by atoms with E-state index in [1.165, 1.54) is 16.7 Å². The molecule has 1 aromatic heterocycles. The topological polar surface area (TPSA) is 30.7 Å². The van der Waals surface area contributed by atoms with Crippen LogP contribution in [0.15, 0.2) is 24.5 Å². The van der Waals surface area contributed by atoms with E-state index in [0.29, 0.717) is 0 Å². The predicted octanol–water partition coefficient (Wildman–Crippen LogP) is 2.97. The van der Waals surface area contributed by atoms with E-state index >= 15 is 0 Å². The van der Waals surface area contributed by atoms with E-state index in [2.05, 4.69) is 53.7 Å². The molecular formula is C13H17N3. The Hall–Kier alpha value is -1.64. The molecule has 0 fully saturated rings. The summed E-state index contributed by atoms with van der Waals surface area (Å²) in [7, 11) is 0. The molecule has 3 heteroatoms. The van der Waals surface area contributed by atoms with Crippen molar-refractivity contribution < 1.29 is 0 Å². The summed E-state index contributed by atoms with van der Waals surface area (Å²) in [5.74, 6) is 0.972. The van der Waals surface area contributed by atoms with Crippen LogP contribution in [0.25, 0.3) is 11.4 Å². The van der Waals surface area contributed by atoms with Gasteiger partial charge >= 0.3 is 0 Å². The van der Waals surface area contributed by atoms with Gasteiger partial charge < -0.3 is 4.57 Å². The van der Waals surface area contributed by atoms with Gasteiger partial charge in [-0.15, -0.1) is 10.2 Å². The molecule has 3 nitrogen and oxygen atoms in total. The molecule has 0 radical (unpaired) electrons. The van der Waals surface area contributed by atoms with Crippen LogP contribution in [0.3, 0.4) is 0 Å². The van der Waals surface area contributed by atoms with Crippen molar-refractivity contribution in [3.05, 3.63) is 35.7 Å². The van der Waals surface area contributed by atoms with Crippen molar-refractivity contribution in [3.8, 4) is 11.4 Å². The van der Waals surface area contributed by atoms with Crippen LogP contribution >= 0.6 is 0 Å². The first kappa shape index (κ1) is 10.9. The van der Waals surface area contributed by atoms with Gasteiger partial charge in [0.15, 0.2) is 5.82 Å². The number of aromatic nitrogens is 3. The maximum absolute atomic E-state index is 4.21. The molecule has 0 bridgehead atoms. The Morgan fingerprint density at radius 1 is 1.25 bits per heavy atom. The zero-order valence-electron chi connectivity index (χ0n) is 10.1. The largest absolute Gasteiger partial charge is 0.314 e. The molecule has 84 valence electrons. The van der Waals surface area contributed by atoms with Crippen LogP contribution in [0.2, 0.25) is 0 Å². The summed E-state index contributed by atoms with van der Waals surface area (Å²) in [6.07, 6.45) is 2.90. The highest BCUT2D eigenvalue weighted by Gasteiger charge is 2.08. The van der Waals surface area contributed by atoms with Crippen LogP contribution in [0.4, 0.5) is 0 Å². The van der Waals surface area contributed by atoms with E-state index in [-0.39, 0.29) is 0 Å². The number of aryl methyl sites for hydroxylation is 3. The molecule has 0 saturated carbocycles. The lowest BCUT2D eigenvalue weighted by molar-refractivity contribution is 0.682. The molecule has 0 atom stereocenters. The fourth-order valence-corrected chi connectivity index (χ4v) is 1.93. The third kappa shape index (κ3) is 1.98. The van der Waals surface area contributed by atoms with E-state index in [9.17, 15) is 0 Å². The summed E-state index contributed by atoms with van der Waals surface area (Å²) < 4.78 is 2.11. The van der Waals surface area contributed by atoms with Crippen molar-refractivity contribution in [1.82, 2.24) is 14.8 Å². The van der Waals surface area contributed by atoms with Crippen LogP contribution in [-0.2, 0) is 6.54 Å². The zero-order chi connectivity index (χ0) is 11.5. The minimum atomic E-state index is 0.968. The Morgan fingerprint density at radius 2 is 2.06 bits per heavy atom. The van der Waals surface area contributed by atoms with E-state index in [1.807, 2.05) is 0 Å². The molecule has 0 aliphatic carbocycles. The van der Waals surface area contributed by atoms with Gasteiger partial charge in [0.05, 0.1) is 0 Å². The average Bonchev–Trinajstić information content (AvgIpc) is 2.67. The molecule has 0 aliphatic rings. The summed E-state index contributed by atoms with van der Waals surface area (Å²) in [4.78, 5) is 0. The van der Waals surface area contributed by atoms with Gasteiger partial charge in [-0.25, -0.2) is 0 Å². The van der Waals surface area contributed by atoms with Crippen molar-refractivity contribution in [3.63, 3.8) is 0 Å². The maximum Gasteiger partial charge on any atom is 0.164 e. The quantitative estimate of drug-likeness (QED) is 0.788. The molecule has 0 amide bonds. The lowest BCUT2D eigenvalue weighted by Crippen LogP contribution is -1.99. The Balaban J connectivity index is 2.46. The molecule has 0 saturated heterocycles. The molecular weight excluding hydrogens is 198 g/mol. The lowest BCUT2D eigenvalue weighted by Gasteiger charge is -2.08. The number of rotatable bonds is 3. The lowest BCUT2D eigenvalue weighted by atomic mass is 10.1. The monoisotopic (exact) mass is 215 g/mol. The molecule has 2 rings (SSSR count). The van der Waals surface area contributed by atoms with Crippen LogP contribution < -0.4 is 0 Å². The number of hydrogen-bond acceptors (Lipinski definition) is 2. The molecule has 1 heterocycles. The van der Waals surface area contributed by atoms with Crippen LogP contribution in [0.1, 0.15) is 24.5 Å².